The van der Waals surface area contributed by atoms with Crippen LogP contribution >= 0.6 is 0 Å². The first-order valence-corrected chi connectivity index (χ1v) is 13.4. The van der Waals surface area contributed by atoms with E-state index in [1.54, 1.807) is 0 Å². The van der Waals surface area contributed by atoms with E-state index < -0.39 is 0 Å². The van der Waals surface area contributed by atoms with Gasteiger partial charge in [-0.1, -0.05) is 27.7 Å². The lowest BCUT2D eigenvalue weighted by atomic mass is 9.43. The van der Waals surface area contributed by atoms with Crippen molar-refractivity contribution in [2.45, 2.75) is 110 Å². The minimum atomic E-state index is -0.374. The zero-order valence-corrected chi connectivity index (χ0v) is 20.1. The van der Waals surface area contributed by atoms with Crippen molar-refractivity contribution in [1.82, 2.24) is 0 Å². The van der Waals surface area contributed by atoms with Gasteiger partial charge in [0, 0.05) is 12.3 Å². The van der Waals surface area contributed by atoms with Crippen LogP contribution in [0.15, 0.2) is 0 Å². The predicted octanol–water partition coefficient (Wildman–Crippen LogP) is 4.76. The molecule has 4 saturated carbocycles. The molecule has 13 atom stereocenters. The number of hydrogen-bond donors (Lipinski definition) is 2. The standard InChI is InChI=1S/C27H44O4/c1-15-7-10-27(30-14-15)16(2)23-22(31-27)12-20-19-6-5-17-11-18(28)8-9-25(17,3)24(19)21(29)13-26(20,23)4/h15-24,28-29H,5-14H2,1-4H3/t15?,16-,17-,18-,19-,20-,21+,22-,23-,24+,25-,26-,27+/m0/s1. The van der Waals surface area contributed by atoms with Gasteiger partial charge in [-0.15, -0.1) is 0 Å². The van der Waals surface area contributed by atoms with Crippen molar-refractivity contribution in [3.05, 3.63) is 0 Å². The molecule has 4 heteroatoms. The van der Waals surface area contributed by atoms with Gasteiger partial charge in [-0.2, -0.15) is 0 Å². The summed E-state index contributed by atoms with van der Waals surface area (Å²) in [6.45, 7) is 10.4. The third-order valence-electron chi connectivity index (χ3n) is 11.8. The molecule has 0 aromatic carbocycles. The molecule has 2 heterocycles. The molecule has 6 fully saturated rings. The van der Waals surface area contributed by atoms with Crippen LogP contribution in [0.2, 0.25) is 0 Å². The van der Waals surface area contributed by atoms with Gasteiger partial charge in [-0.25, -0.2) is 0 Å². The zero-order chi connectivity index (χ0) is 21.8. The van der Waals surface area contributed by atoms with Crippen LogP contribution in [-0.2, 0) is 9.47 Å². The molecule has 0 aromatic rings. The van der Waals surface area contributed by atoms with E-state index in [1.807, 2.05) is 0 Å². The molecule has 2 aliphatic heterocycles. The molecule has 0 bridgehead atoms. The molecule has 1 spiro atoms. The van der Waals surface area contributed by atoms with Gasteiger partial charge >= 0.3 is 0 Å². The second-order valence-electron chi connectivity index (χ2n) is 13.3. The molecule has 2 saturated heterocycles. The average Bonchev–Trinajstić information content (AvgIpc) is 3.15. The van der Waals surface area contributed by atoms with Gasteiger partial charge in [0.15, 0.2) is 5.79 Å². The number of rotatable bonds is 0. The topological polar surface area (TPSA) is 58.9 Å². The normalized spacial score (nSPS) is 63.3. The third kappa shape index (κ3) is 2.80. The SMILES string of the molecule is CC1CC[C@@]2(OC1)O[C@H]1C[C@H]3[C@@H]4CC[C@H]5C[C@@H](O)CC[C@]5(C)[C@H]4[C@H](O)C[C@]3(C)[C@H]1[C@@H]2C. The maximum atomic E-state index is 11.7. The Balaban J connectivity index is 1.29. The fourth-order valence-corrected chi connectivity index (χ4v) is 10.4. The highest BCUT2D eigenvalue weighted by Gasteiger charge is 2.70. The summed E-state index contributed by atoms with van der Waals surface area (Å²) in [7, 11) is 0. The Kier molecular flexibility index (Phi) is 4.78. The van der Waals surface area contributed by atoms with Crippen LogP contribution in [0.4, 0.5) is 0 Å². The molecule has 0 aromatic heterocycles. The quantitative estimate of drug-likeness (QED) is 0.579. The summed E-state index contributed by atoms with van der Waals surface area (Å²) in [6, 6.07) is 0. The van der Waals surface area contributed by atoms with E-state index in [0.29, 0.717) is 47.5 Å². The summed E-state index contributed by atoms with van der Waals surface area (Å²) in [5.74, 6) is 3.40. The summed E-state index contributed by atoms with van der Waals surface area (Å²) in [5, 5.41) is 22.0. The first-order chi connectivity index (χ1) is 14.7. The van der Waals surface area contributed by atoms with Crippen LogP contribution in [0, 0.1) is 52.3 Å². The molecule has 6 aliphatic rings. The highest BCUT2D eigenvalue weighted by atomic mass is 16.7. The molecular weight excluding hydrogens is 388 g/mol. The Morgan fingerprint density at radius 2 is 1.68 bits per heavy atom. The number of aliphatic hydroxyl groups is 2. The van der Waals surface area contributed by atoms with Crippen LogP contribution in [0.1, 0.15) is 85.5 Å². The minimum Gasteiger partial charge on any atom is -0.393 e. The van der Waals surface area contributed by atoms with E-state index in [-0.39, 0.29) is 28.8 Å². The lowest BCUT2D eigenvalue weighted by Crippen LogP contribution is -2.59. The Morgan fingerprint density at radius 3 is 2.42 bits per heavy atom. The summed E-state index contributed by atoms with van der Waals surface area (Å²) in [5.41, 5.74) is 0.342. The third-order valence-corrected chi connectivity index (χ3v) is 11.8. The molecule has 4 nitrogen and oxygen atoms in total. The van der Waals surface area contributed by atoms with E-state index >= 15 is 0 Å². The van der Waals surface area contributed by atoms with Crippen molar-refractivity contribution in [3.8, 4) is 0 Å². The van der Waals surface area contributed by atoms with E-state index in [2.05, 4.69) is 27.7 Å². The smallest absolute Gasteiger partial charge is 0.171 e. The van der Waals surface area contributed by atoms with Gasteiger partial charge in [-0.05, 0) is 97.7 Å². The van der Waals surface area contributed by atoms with Crippen LogP contribution in [0.5, 0.6) is 0 Å². The molecule has 176 valence electrons. The molecule has 4 aliphatic carbocycles. The largest absolute Gasteiger partial charge is 0.393 e. The van der Waals surface area contributed by atoms with Crippen molar-refractivity contribution in [2.24, 2.45) is 52.3 Å². The van der Waals surface area contributed by atoms with E-state index in [0.717, 1.165) is 45.1 Å². The first-order valence-electron chi connectivity index (χ1n) is 13.4. The van der Waals surface area contributed by atoms with Gasteiger partial charge in [0.05, 0.1) is 24.9 Å². The summed E-state index contributed by atoms with van der Waals surface area (Å²) in [6.07, 6.45) is 9.63. The zero-order valence-electron chi connectivity index (χ0n) is 20.1. The van der Waals surface area contributed by atoms with Gasteiger partial charge < -0.3 is 19.7 Å². The summed E-state index contributed by atoms with van der Waals surface area (Å²) >= 11 is 0. The van der Waals surface area contributed by atoms with Crippen LogP contribution in [-0.4, -0.2) is 40.9 Å². The van der Waals surface area contributed by atoms with Crippen molar-refractivity contribution in [1.29, 1.82) is 0 Å². The van der Waals surface area contributed by atoms with Crippen molar-refractivity contribution in [2.75, 3.05) is 6.61 Å². The van der Waals surface area contributed by atoms with Gasteiger partial charge in [0.2, 0.25) is 0 Å². The number of fused-ring (bicyclic) bond motifs is 7. The van der Waals surface area contributed by atoms with Crippen LogP contribution in [0.25, 0.3) is 0 Å². The van der Waals surface area contributed by atoms with Crippen LogP contribution in [0.3, 0.4) is 0 Å². The fourth-order valence-electron chi connectivity index (χ4n) is 10.4. The average molecular weight is 433 g/mol. The maximum Gasteiger partial charge on any atom is 0.171 e. The van der Waals surface area contributed by atoms with E-state index in [9.17, 15) is 10.2 Å². The minimum absolute atomic E-state index is 0.130. The van der Waals surface area contributed by atoms with Crippen LogP contribution < -0.4 is 0 Å². The molecule has 31 heavy (non-hydrogen) atoms. The molecule has 2 N–H and O–H groups in total. The summed E-state index contributed by atoms with van der Waals surface area (Å²) in [4.78, 5) is 0. The van der Waals surface area contributed by atoms with Crippen molar-refractivity contribution < 1.29 is 19.7 Å². The Bertz CT molecular complexity index is 716. The Morgan fingerprint density at radius 1 is 0.871 bits per heavy atom. The first kappa shape index (κ1) is 21.4. The number of ether oxygens (including phenoxy) is 2. The Labute approximate surface area is 188 Å². The maximum absolute atomic E-state index is 11.7. The molecule has 6 rings (SSSR count). The van der Waals surface area contributed by atoms with Gasteiger partial charge in [0.25, 0.3) is 0 Å². The monoisotopic (exact) mass is 432 g/mol. The highest BCUT2D eigenvalue weighted by Crippen LogP contribution is 2.71. The number of hydrogen-bond acceptors (Lipinski definition) is 4. The molecular formula is C27H44O4. The predicted molar refractivity (Wildman–Crippen MR) is 119 cm³/mol. The Hall–Kier alpha value is -0.160. The highest BCUT2D eigenvalue weighted by molar-refractivity contribution is 5.17. The van der Waals surface area contributed by atoms with Crippen molar-refractivity contribution >= 4 is 0 Å². The molecule has 0 radical (unpaired) electrons. The lowest BCUT2D eigenvalue weighted by Gasteiger charge is -2.62. The number of aliphatic hydroxyl groups excluding tert-OH is 2. The van der Waals surface area contributed by atoms with E-state index in [4.69, 9.17) is 9.47 Å². The van der Waals surface area contributed by atoms with Gasteiger partial charge in [0.1, 0.15) is 0 Å². The second-order valence-corrected chi connectivity index (χ2v) is 13.3. The second kappa shape index (κ2) is 6.93. The summed E-state index contributed by atoms with van der Waals surface area (Å²) < 4.78 is 13.3. The fraction of sp³-hybridized carbons (Fsp3) is 1.00. The van der Waals surface area contributed by atoms with Crippen molar-refractivity contribution in [3.63, 3.8) is 0 Å². The van der Waals surface area contributed by atoms with E-state index in [1.165, 1.54) is 19.3 Å². The lowest BCUT2D eigenvalue weighted by molar-refractivity contribution is -0.274. The molecule has 0 amide bonds. The molecule has 1 unspecified atom stereocenters. The van der Waals surface area contributed by atoms with Gasteiger partial charge in [-0.3, -0.25) is 0 Å².